The van der Waals surface area contributed by atoms with Crippen molar-refractivity contribution in [2.75, 3.05) is 12.8 Å². The van der Waals surface area contributed by atoms with E-state index in [1.165, 1.54) is 43.4 Å². The number of benzene rings is 1. The topological polar surface area (TPSA) is 12.0 Å². The van der Waals surface area contributed by atoms with E-state index in [-0.39, 0.29) is 0 Å². The van der Waals surface area contributed by atoms with E-state index >= 15 is 0 Å². The summed E-state index contributed by atoms with van der Waals surface area (Å²) < 4.78 is 0. The van der Waals surface area contributed by atoms with E-state index in [1.54, 1.807) is 0 Å². The van der Waals surface area contributed by atoms with Gasteiger partial charge >= 0.3 is 0 Å². The molecule has 0 heterocycles. The Morgan fingerprint density at radius 1 is 1.26 bits per heavy atom. The lowest BCUT2D eigenvalue weighted by Gasteiger charge is -2.24. The van der Waals surface area contributed by atoms with Crippen molar-refractivity contribution in [1.82, 2.24) is 5.32 Å². The number of likely N-dealkylation sites (N-methyl/N-ethyl adjacent to an activating group) is 1. The average Bonchev–Trinajstić information content (AvgIpc) is 2.46. The highest BCUT2D eigenvalue weighted by atomic mass is 35.5. The van der Waals surface area contributed by atoms with Gasteiger partial charge in [-0.1, -0.05) is 49.1 Å². The maximum Gasteiger partial charge on any atom is 0.0438 e. The fourth-order valence-corrected chi connectivity index (χ4v) is 4.33. The zero-order chi connectivity index (χ0) is 13.5. The Balaban J connectivity index is 1.81. The summed E-state index contributed by atoms with van der Waals surface area (Å²) in [6, 6.07) is 8.71. The fourth-order valence-electron chi connectivity index (χ4n) is 2.66. The smallest absolute Gasteiger partial charge is 0.0438 e. The molecule has 0 spiro atoms. The molecule has 0 amide bonds. The maximum absolute atomic E-state index is 6.24. The molecule has 1 aliphatic carbocycles. The van der Waals surface area contributed by atoms with E-state index in [0.29, 0.717) is 6.04 Å². The average molecular weight is 298 g/mol. The summed E-state index contributed by atoms with van der Waals surface area (Å²) in [6.07, 6.45) is 8.13. The zero-order valence-corrected chi connectivity index (χ0v) is 13.3. The van der Waals surface area contributed by atoms with Gasteiger partial charge < -0.3 is 5.32 Å². The van der Waals surface area contributed by atoms with Crippen LogP contribution in [0.25, 0.3) is 0 Å². The first kappa shape index (κ1) is 15.2. The van der Waals surface area contributed by atoms with Crippen LogP contribution in [-0.4, -0.2) is 24.1 Å². The normalized spacial score (nSPS) is 18.4. The molecule has 1 aromatic carbocycles. The standard InChI is InChI=1S/C16H24ClNS/c1-18-14(11-13-7-5-6-10-16(13)17)12-19-15-8-3-2-4-9-15/h5-7,10,14-15,18H,2-4,8-9,11-12H2,1H3. The van der Waals surface area contributed by atoms with Gasteiger partial charge in [0.05, 0.1) is 0 Å². The quantitative estimate of drug-likeness (QED) is 0.827. The van der Waals surface area contributed by atoms with Gasteiger partial charge in [-0.3, -0.25) is 0 Å². The van der Waals surface area contributed by atoms with E-state index in [4.69, 9.17) is 11.6 Å². The molecule has 1 aliphatic rings. The van der Waals surface area contributed by atoms with Crippen LogP contribution >= 0.6 is 23.4 Å². The monoisotopic (exact) mass is 297 g/mol. The van der Waals surface area contributed by atoms with Crippen LogP contribution in [0.15, 0.2) is 24.3 Å². The van der Waals surface area contributed by atoms with Gasteiger partial charge in [0.1, 0.15) is 0 Å². The molecule has 0 aliphatic heterocycles. The fraction of sp³-hybridized carbons (Fsp3) is 0.625. The van der Waals surface area contributed by atoms with Crippen LogP contribution < -0.4 is 5.32 Å². The molecule has 0 aromatic heterocycles. The highest BCUT2D eigenvalue weighted by molar-refractivity contribution is 7.99. The van der Waals surface area contributed by atoms with Gasteiger partial charge in [0.25, 0.3) is 0 Å². The molecule has 106 valence electrons. The molecule has 0 bridgehead atoms. The minimum Gasteiger partial charge on any atom is -0.316 e. The molecule has 1 fully saturated rings. The SMILES string of the molecule is CNC(CSC1CCCCC1)Cc1ccccc1Cl. The number of hydrogen-bond donors (Lipinski definition) is 1. The zero-order valence-electron chi connectivity index (χ0n) is 11.7. The lowest BCUT2D eigenvalue weighted by atomic mass is 10.0. The van der Waals surface area contributed by atoms with Crippen LogP contribution in [0.2, 0.25) is 5.02 Å². The van der Waals surface area contributed by atoms with Gasteiger partial charge in [-0.15, -0.1) is 0 Å². The number of rotatable bonds is 6. The van der Waals surface area contributed by atoms with Gasteiger partial charge in [-0.2, -0.15) is 11.8 Å². The molecule has 2 rings (SSSR count). The second kappa shape index (κ2) is 8.18. The third kappa shape index (κ3) is 5.02. The number of thioether (sulfide) groups is 1. The first-order chi connectivity index (χ1) is 9.29. The maximum atomic E-state index is 6.24. The van der Waals surface area contributed by atoms with E-state index in [0.717, 1.165) is 16.7 Å². The van der Waals surface area contributed by atoms with Crippen molar-refractivity contribution >= 4 is 23.4 Å². The van der Waals surface area contributed by atoms with Crippen molar-refractivity contribution < 1.29 is 0 Å². The summed E-state index contributed by atoms with van der Waals surface area (Å²) in [4.78, 5) is 0. The Morgan fingerprint density at radius 3 is 2.68 bits per heavy atom. The second-order valence-electron chi connectivity index (χ2n) is 5.37. The van der Waals surface area contributed by atoms with Gasteiger partial charge in [0, 0.05) is 22.1 Å². The molecule has 1 unspecified atom stereocenters. The molecule has 19 heavy (non-hydrogen) atoms. The van der Waals surface area contributed by atoms with Crippen LogP contribution in [-0.2, 0) is 6.42 Å². The number of hydrogen-bond acceptors (Lipinski definition) is 2. The lowest BCUT2D eigenvalue weighted by molar-refractivity contribution is 0.514. The highest BCUT2D eigenvalue weighted by Gasteiger charge is 2.16. The second-order valence-corrected chi connectivity index (χ2v) is 7.12. The predicted molar refractivity (Wildman–Crippen MR) is 87.3 cm³/mol. The summed E-state index contributed by atoms with van der Waals surface area (Å²) in [6.45, 7) is 0. The Bertz CT molecular complexity index is 377. The van der Waals surface area contributed by atoms with E-state index < -0.39 is 0 Å². The summed E-state index contributed by atoms with van der Waals surface area (Å²) in [5.41, 5.74) is 1.26. The lowest BCUT2D eigenvalue weighted by Crippen LogP contribution is -2.31. The minimum absolute atomic E-state index is 0.520. The van der Waals surface area contributed by atoms with Crippen molar-refractivity contribution in [2.24, 2.45) is 0 Å². The summed E-state index contributed by atoms with van der Waals surface area (Å²) in [5.74, 6) is 1.19. The van der Waals surface area contributed by atoms with Crippen molar-refractivity contribution in [3.05, 3.63) is 34.9 Å². The summed E-state index contributed by atoms with van der Waals surface area (Å²) >= 11 is 8.39. The van der Waals surface area contributed by atoms with Crippen molar-refractivity contribution in [2.45, 2.75) is 49.8 Å². The number of nitrogens with one attached hydrogen (secondary N) is 1. The largest absolute Gasteiger partial charge is 0.316 e. The van der Waals surface area contributed by atoms with Gasteiger partial charge in [-0.05, 0) is 37.9 Å². The van der Waals surface area contributed by atoms with Crippen molar-refractivity contribution in [3.8, 4) is 0 Å². The molecule has 1 aromatic rings. The Labute approximate surface area is 126 Å². The molecule has 1 nitrogen and oxygen atoms in total. The van der Waals surface area contributed by atoms with Crippen LogP contribution in [0.1, 0.15) is 37.7 Å². The minimum atomic E-state index is 0.520. The first-order valence-corrected chi connectivity index (χ1v) is 8.74. The Kier molecular flexibility index (Phi) is 6.55. The Hall–Kier alpha value is -0.180. The molecular weight excluding hydrogens is 274 g/mol. The van der Waals surface area contributed by atoms with Gasteiger partial charge in [0.2, 0.25) is 0 Å². The summed E-state index contributed by atoms with van der Waals surface area (Å²) in [7, 11) is 2.06. The van der Waals surface area contributed by atoms with Gasteiger partial charge in [-0.25, -0.2) is 0 Å². The highest BCUT2D eigenvalue weighted by Crippen LogP contribution is 2.29. The van der Waals surface area contributed by atoms with Crippen LogP contribution in [0.5, 0.6) is 0 Å². The molecular formula is C16H24ClNS. The van der Waals surface area contributed by atoms with E-state index in [9.17, 15) is 0 Å². The molecule has 0 saturated heterocycles. The van der Waals surface area contributed by atoms with E-state index in [1.807, 2.05) is 12.1 Å². The Morgan fingerprint density at radius 2 is 2.00 bits per heavy atom. The molecule has 1 saturated carbocycles. The van der Waals surface area contributed by atoms with Crippen LogP contribution in [0.3, 0.4) is 0 Å². The van der Waals surface area contributed by atoms with E-state index in [2.05, 4.69) is 36.3 Å². The first-order valence-electron chi connectivity index (χ1n) is 7.32. The molecule has 3 heteroatoms. The molecule has 1 N–H and O–H groups in total. The number of halogens is 1. The van der Waals surface area contributed by atoms with Crippen LogP contribution in [0, 0.1) is 0 Å². The third-order valence-corrected chi connectivity index (χ3v) is 5.82. The predicted octanol–water partition coefficient (Wildman–Crippen LogP) is 4.54. The van der Waals surface area contributed by atoms with Crippen molar-refractivity contribution in [1.29, 1.82) is 0 Å². The molecule has 1 atom stereocenters. The van der Waals surface area contributed by atoms with Crippen molar-refractivity contribution in [3.63, 3.8) is 0 Å². The van der Waals surface area contributed by atoms with Crippen LogP contribution in [0.4, 0.5) is 0 Å². The van der Waals surface area contributed by atoms with Gasteiger partial charge in [0.15, 0.2) is 0 Å². The third-order valence-electron chi connectivity index (χ3n) is 3.92. The molecule has 0 radical (unpaired) electrons. The summed E-state index contributed by atoms with van der Waals surface area (Å²) in [5, 5.41) is 5.22.